The van der Waals surface area contributed by atoms with E-state index < -0.39 is 29.9 Å². The van der Waals surface area contributed by atoms with Gasteiger partial charge in [0.05, 0.1) is 26.7 Å². The van der Waals surface area contributed by atoms with Gasteiger partial charge in [0.1, 0.15) is 22.8 Å². The molecule has 4 rings (SSSR count). The van der Waals surface area contributed by atoms with E-state index in [1.165, 1.54) is 27.2 Å². The monoisotopic (exact) mass is 566 g/mol. The van der Waals surface area contributed by atoms with Gasteiger partial charge in [0.2, 0.25) is 5.75 Å². The molecule has 0 bridgehead atoms. The van der Waals surface area contributed by atoms with Crippen molar-refractivity contribution in [2.24, 2.45) is 0 Å². The zero-order valence-electron chi connectivity index (χ0n) is 23.6. The normalized spacial score (nSPS) is 19.7. The summed E-state index contributed by atoms with van der Waals surface area (Å²) in [5.41, 5.74) is 1.03. The standard InChI is InChI=1S/C31H34O10/c1-17-9-8-12-21(33)11-7-5-6-10-19-13-23-28(29(35)27(19)31(36)39-17)22(16-26(34)41-23)20-14-24(37-3)30(40-18(2)32)25(15-20)38-4/h6,10,13-15,17,22,35H,5,7-9,11-12,16H2,1-4H3/t17-,22?/m0/s1. The van der Waals surface area contributed by atoms with Crippen molar-refractivity contribution in [1.82, 2.24) is 0 Å². The summed E-state index contributed by atoms with van der Waals surface area (Å²) in [7, 11) is 2.80. The Bertz CT molecular complexity index is 1360. The number of fused-ring (bicyclic) bond motifs is 2. The molecular formula is C31H34O10. The van der Waals surface area contributed by atoms with E-state index in [1.54, 1.807) is 25.1 Å². The number of rotatable bonds is 4. The van der Waals surface area contributed by atoms with Gasteiger partial charge < -0.3 is 28.8 Å². The maximum atomic E-state index is 13.4. The lowest BCUT2D eigenvalue weighted by Gasteiger charge is -2.28. The van der Waals surface area contributed by atoms with Gasteiger partial charge in [-0.15, -0.1) is 0 Å². The number of allylic oxidation sites excluding steroid dienone is 1. The van der Waals surface area contributed by atoms with Gasteiger partial charge in [-0.3, -0.25) is 14.4 Å². The Labute approximate surface area is 238 Å². The highest BCUT2D eigenvalue weighted by Crippen LogP contribution is 2.50. The van der Waals surface area contributed by atoms with Gasteiger partial charge in [-0.2, -0.15) is 0 Å². The molecule has 2 atom stereocenters. The van der Waals surface area contributed by atoms with Crippen molar-refractivity contribution < 1.29 is 48.0 Å². The SMILES string of the molecule is COc1cc(C2CC(=O)Oc3cc4c(c(O)c32)C(=O)O[C@@H](C)CCCC(=O)CCCC=C4)cc(OC)c1OC(C)=O. The van der Waals surface area contributed by atoms with E-state index in [9.17, 15) is 24.3 Å². The predicted molar refractivity (Wildman–Crippen MR) is 148 cm³/mol. The number of carbonyl (C=O) groups excluding carboxylic acids is 4. The molecule has 2 aliphatic heterocycles. The summed E-state index contributed by atoms with van der Waals surface area (Å²) in [6.07, 6.45) is 6.08. The zero-order valence-corrected chi connectivity index (χ0v) is 23.6. The van der Waals surface area contributed by atoms with Gasteiger partial charge in [-0.05, 0) is 61.9 Å². The van der Waals surface area contributed by atoms with E-state index >= 15 is 0 Å². The van der Waals surface area contributed by atoms with Crippen LogP contribution in [0.2, 0.25) is 0 Å². The quantitative estimate of drug-likeness (QED) is 0.386. The Hall–Kier alpha value is -4.34. The lowest BCUT2D eigenvalue weighted by molar-refractivity contribution is -0.135. The molecule has 0 saturated heterocycles. The molecule has 1 N–H and O–H groups in total. The summed E-state index contributed by atoms with van der Waals surface area (Å²) in [5.74, 6) is -2.23. The molecule has 2 aromatic rings. The first-order valence-electron chi connectivity index (χ1n) is 13.6. The van der Waals surface area contributed by atoms with Crippen molar-refractivity contribution in [2.75, 3.05) is 14.2 Å². The maximum absolute atomic E-state index is 13.4. The minimum atomic E-state index is -0.751. The lowest BCUT2D eigenvalue weighted by atomic mass is 9.83. The number of methoxy groups -OCH3 is 2. The van der Waals surface area contributed by atoms with Crippen LogP contribution in [0.25, 0.3) is 6.08 Å². The van der Waals surface area contributed by atoms with Crippen LogP contribution in [0.5, 0.6) is 28.7 Å². The van der Waals surface area contributed by atoms with Crippen molar-refractivity contribution in [2.45, 2.75) is 70.8 Å². The van der Waals surface area contributed by atoms with E-state index in [4.69, 9.17) is 23.7 Å². The van der Waals surface area contributed by atoms with Crippen molar-refractivity contribution in [3.05, 3.63) is 46.5 Å². The van der Waals surface area contributed by atoms with E-state index in [1.807, 2.05) is 6.08 Å². The van der Waals surface area contributed by atoms with Crippen molar-refractivity contribution in [3.8, 4) is 28.7 Å². The first kappa shape index (κ1) is 29.6. The molecule has 1 unspecified atom stereocenters. The first-order valence-corrected chi connectivity index (χ1v) is 13.6. The van der Waals surface area contributed by atoms with E-state index in [2.05, 4.69) is 0 Å². The molecule has 0 aliphatic carbocycles. The third kappa shape index (κ3) is 6.70. The number of phenolic OH excluding ortho intramolecular Hbond substituents is 1. The summed E-state index contributed by atoms with van der Waals surface area (Å²) in [5, 5.41) is 11.6. The molecule has 10 heteroatoms. The Balaban J connectivity index is 1.86. The molecule has 0 fully saturated rings. The predicted octanol–water partition coefficient (Wildman–Crippen LogP) is 5.26. The number of esters is 3. The average molecular weight is 567 g/mol. The van der Waals surface area contributed by atoms with Crippen LogP contribution in [0.3, 0.4) is 0 Å². The van der Waals surface area contributed by atoms with Crippen LogP contribution in [0.1, 0.15) is 91.8 Å². The van der Waals surface area contributed by atoms with E-state index in [0.717, 1.165) is 0 Å². The fourth-order valence-corrected chi connectivity index (χ4v) is 5.15. The summed E-state index contributed by atoms with van der Waals surface area (Å²) >= 11 is 0. The fraction of sp³-hybridized carbons (Fsp3) is 0.419. The Morgan fingerprint density at radius 3 is 2.37 bits per heavy atom. The highest BCUT2D eigenvalue weighted by atomic mass is 16.6. The fourth-order valence-electron chi connectivity index (χ4n) is 5.15. The first-order chi connectivity index (χ1) is 19.6. The molecule has 2 heterocycles. The minimum absolute atomic E-state index is 0.0432. The van der Waals surface area contributed by atoms with Gasteiger partial charge in [0.15, 0.2) is 11.5 Å². The molecule has 2 aliphatic rings. The molecule has 0 radical (unpaired) electrons. The van der Waals surface area contributed by atoms with Crippen molar-refractivity contribution in [1.29, 1.82) is 0 Å². The second-order valence-electron chi connectivity index (χ2n) is 10.1. The highest BCUT2D eigenvalue weighted by Gasteiger charge is 2.36. The summed E-state index contributed by atoms with van der Waals surface area (Å²) in [6.45, 7) is 2.99. The molecule has 0 spiro atoms. The summed E-state index contributed by atoms with van der Waals surface area (Å²) in [4.78, 5) is 50.0. The Morgan fingerprint density at radius 1 is 1.02 bits per heavy atom. The number of hydrogen-bond donors (Lipinski definition) is 1. The molecule has 41 heavy (non-hydrogen) atoms. The molecule has 0 aromatic heterocycles. The highest BCUT2D eigenvalue weighted by molar-refractivity contribution is 5.98. The van der Waals surface area contributed by atoms with Gasteiger partial charge in [-0.1, -0.05) is 12.2 Å². The van der Waals surface area contributed by atoms with Crippen LogP contribution >= 0.6 is 0 Å². The zero-order chi connectivity index (χ0) is 29.7. The van der Waals surface area contributed by atoms with Crippen LogP contribution in [-0.2, 0) is 19.1 Å². The topological polar surface area (TPSA) is 135 Å². The van der Waals surface area contributed by atoms with Crippen LogP contribution in [0.4, 0.5) is 0 Å². The van der Waals surface area contributed by atoms with Crippen LogP contribution in [0.15, 0.2) is 24.3 Å². The van der Waals surface area contributed by atoms with Crippen LogP contribution in [-0.4, -0.2) is 49.1 Å². The minimum Gasteiger partial charge on any atom is -0.507 e. The lowest BCUT2D eigenvalue weighted by Crippen LogP contribution is -2.23. The van der Waals surface area contributed by atoms with E-state index in [0.29, 0.717) is 49.7 Å². The third-order valence-corrected chi connectivity index (χ3v) is 7.11. The largest absolute Gasteiger partial charge is 0.507 e. The van der Waals surface area contributed by atoms with Gasteiger partial charge >= 0.3 is 17.9 Å². The Kier molecular flexibility index (Phi) is 9.31. The maximum Gasteiger partial charge on any atom is 0.342 e. The number of cyclic esters (lactones) is 1. The number of ketones is 1. The average Bonchev–Trinajstić information content (AvgIpc) is 2.91. The number of phenols is 1. The number of benzene rings is 2. The third-order valence-electron chi connectivity index (χ3n) is 7.11. The summed E-state index contributed by atoms with van der Waals surface area (Å²) in [6, 6.07) is 4.71. The second kappa shape index (κ2) is 12.9. The number of Topliss-reactive ketones (excluding diaryl/α,β-unsaturated/α-hetero) is 1. The number of aromatic hydroxyl groups is 1. The molecular weight excluding hydrogens is 532 g/mol. The van der Waals surface area contributed by atoms with Gasteiger partial charge in [0.25, 0.3) is 0 Å². The number of ether oxygens (including phenoxy) is 5. The van der Waals surface area contributed by atoms with Crippen LogP contribution in [0, 0.1) is 0 Å². The summed E-state index contributed by atoms with van der Waals surface area (Å²) < 4.78 is 27.4. The Morgan fingerprint density at radius 2 is 1.71 bits per heavy atom. The van der Waals surface area contributed by atoms with Gasteiger partial charge in [0, 0.05) is 31.2 Å². The smallest absolute Gasteiger partial charge is 0.342 e. The molecule has 0 saturated carbocycles. The van der Waals surface area contributed by atoms with Crippen molar-refractivity contribution >= 4 is 29.8 Å². The number of carbonyl (C=O) groups is 4. The number of hydrogen-bond acceptors (Lipinski definition) is 10. The molecule has 2 aromatic carbocycles. The second-order valence-corrected chi connectivity index (χ2v) is 10.1. The van der Waals surface area contributed by atoms with Gasteiger partial charge in [-0.25, -0.2) is 4.79 Å². The molecule has 10 nitrogen and oxygen atoms in total. The molecule has 0 amide bonds. The molecule has 218 valence electrons. The van der Waals surface area contributed by atoms with E-state index in [-0.39, 0.29) is 52.1 Å². The van der Waals surface area contributed by atoms with Crippen LogP contribution < -0.4 is 18.9 Å². The van der Waals surface area contributed by atoms with Crippen molar-refractivity contribution in [3.63, 3.8) is 0 Å².